The molecule has 8 unspecified atom stereocenters. The van der Waals surface area contributed by atoms with Crippen LogP contribution in [-0.2, 0) is 36.6 Å². The Morgan fingerprint density at radius 3 is 1.68 bits per heavy atom. The molecule has 0 spiro atoms. The summed E-state index contributed by atoms with van der Waals surface area (Å²) in [6, 6.07) is -1.34. The van der Waals surface area contributed by atoms with Gasteiger partial charge in [-0.15, -0.1) is 0 Å². The first-order chi connectivity index (χ1) is 32.1. The number of allylic oxidation sites excluding steroid dienone is 8. The van der Waals surface area contributed by atoms with Gasteiger partial charge in [-0.3, -0.25) is 9.59 Å². The van der Waals surface area contributed by atoms with E-state index in [4.69, 9.17) is 29.9 Å². The first-order valence-electron chi connectivity index (χ1n) is 24.6. The summed E-state index contributed by atoms with van der Waals surface area (Å²) in [6.45, 7) is 6.70. The number of aryl methyl sites for hydroxylation is 2. The van der Waals surface area contributed by atoms with E-state index in [1.54, 1.807) is 0 Å². The Bertz CT molecular complexity index is 2480. The Balaban J connectivity index is 0.802. The molecule has 2 aromatic rings. The number of alkyl carbamates (subject to hydrolysis) is 1. The van der Waals surface area contributed by atoms with E-state index in [0.29, 0.717) is 51.1 Å². The minimum Gasteiger partial charge on any atom is -0.453 e. The molecule has 2 aromatic heterocycles. The van der Waals surface area contributed by atoms with E-state index in [2.05, 4.69) is 77.1 Å². The fourth-order valence-corrected chi connectivity index (χ4v) is 12.1. The number of fused-ring (bicyclic) bond motifs is 6. The highest BCUT2D eigenvalue weighted by Crippen LogP contribution is 2.45. The lowest BCUT2D eigenvalue weighted by atomic mass is 9.78. The number of hydrogen-bond acceptors (Lipinski definition) is 9. The molecule has 6 heterocycles. The van der Waals surface area contributed by atoms with Crippen molar-refractivity contribution in [1.82, 2.24) is 35.1 Å². The lowest BCUT2D eigenvalue weighted by molar-refractivity contribution is -0.139. The standard InChI is InChI=1S/C52H64N8O6/c1-30-8-18-42(59(30)50(61)44(53)34-20-24-65-25-21-34)48-54-40-16-12-36-28-32(10-14-38(36)46(40)56-48)6-4-5-7-33-11-15-39-37(29-33)13-17-41-47(39)57-49(55-41)43-19-9-31(2)60(43)51(62)45(58-52(63)64-3)35-22-26-66-27-23-35/h10-11,14-15,30-31,34-37,42-45H,8-9,12-13,16-29,53H2,1-3H3,(H,54,56)(H,55,57)(H,58,63). The fourth-order valence-electron chi connectivity index (χ4n) is 12.1. The molecule has 3 amide bonds. The second kappa shape index (κ2) is 19.1. The minimum atomic E-state index is -0.679. The summed E-state index contributed by atoms with van der Waals surface area (Å²) in [4.78, 5) is 62.2. The number of carbonyl (C=O) groups excluding carboxylic acids is 3. The summed E-state index contributed by atoms with van der Waals surface area (Å²) in [5, 5.41) is 2.87. The van der Waals surface area contributed by atoms with E-state index in [-0.39, 0.29) is 47.8 Å². The number of hydrogen-bond donors (Lipinski definition) is 4. The van der Waals surface area contributed by atoms with E-state index in [9.17, 15) is 14.4 Å². The van der Waals surface area contributed by atoms with Gasteiger partial charge < -0.3 is 45.0 Å². The highest BCUT2D eigenvalue weighted by Gasteiger charge is 2.45. The molecule has 8 aliphatic rings. The van der Waals surface area contributed by atoms with Crippen LogP contribution in [0.15, 0.2) is 35.5 Å². The molecule has 66 heavy (non-hydrogen) atoms. The zero-order valence-corrected chi connectivity index (χ0v) is 38.6. The number of amides is 3. The van der Waals surface area contributed by atoms with E-state index in [0.717, 1.165) is 123 Å². The van der Waals surface area contributed by atoms with Crippen LogP contribution in [0, 0.1) is 47.4 Å². The normalized spacial score (nSPS) is 28.3. The zero-order valence-electron chi connectivity index (χ0n) is 38.6. The minimum absolute atomic E-state index is 0.0140. The third kappa shape index (κ3) is 8.68. The van der Waals surface area contributed by atoms with Crippen LogP contribution >= 0.6 is 0 Å². The van der Waals surface area contributed by atoms with Crippen molar-refractivity contribution >= 4 is 29.1 Å². The van der Waals surface area contributed by atoms with Crippen LogP contribution in [0.2, 0.25) is 0 Å². The average molecular weight is 897 g/mol. The summed E-state index contributed by atoms with van der Waals surface area (Å²) < 4.78 is 16.0. The molecule has 4 aliphatic carbocycles. The summed E-state index contributed by atoms with van der Waals surface area (Å²) in [5.74, 6) is 15.5. The largest absolute Gasteiger partial charge is 0.453 e. The molecular formula is C52H64N8O6. The molecule has 0 saturated carbocycles. The number of nitrogens with zero attached hydrogens (tertiary/aromatic N) is 4. The highest BCUT2D eigenvalue weighted by atomic mass is 16.5. The van der Waals surface area contributed by atoms with Crippen LogP contribution in [0.5, 0.6) is 0 Å². The van der Waals surface area contributed by atoms with Gasteiger partial charge in [-0.2, -0.15) is 0 Å². The maximum absolute atomic E-state index is 14.3. The molecule has 0 bridgehead atoms. The summed E-state index contributed by atoms with van der Waals surface area (Å²) in [7, 11) is 1.33. The van der Waals surface area contributed by atoms with Gasteiger partial charge in [-0.05, 0) is 150 Å². The summed E-state index contributed by atoms with van der Waals surface area (Å²) >= 11 is 0. The quantitative estimate of drug-likeness (QED) is 0.229. The number of carbonyl (C=O) groups is 3. The molecule has 8 atom stereocenters. The second-order valence-electron chi connectivity index (χ2n) is 19.8. The van der Waals surface area contributed by atoms with Gasteiger partial charge in [0.25, 0.3) is 0 Å². The lowest BCUT2D eigenvalue weighted by Gasteiger charge is -2.36. The third-order valence-electron chi connectivity index (χ3n) is 15.9. The number of nitrogens with one attached hydrogen (secondary N) is 3. The summed E-state index contributed by atoms with van der Waals surface area (Å²) in [6.07, 6.45) is 20.1. The average Bonchev–Trinajstić information content (AvgIpc) is 4.16. The van der Waals surface area contributed by atoms with Crippen LogP contribution in [0.3, 0.4) is 0 Å². The van der Waals surface area contributed by atoms with Crippen molar-refractivity contribution < 1.29 is 28.6 Å². The van der Waals surface area contributed by atoms with Gasteiger partial charge in [0.1, 0.15) is 17.7 Å². The molecule has 4 saturated heterocycles. The molecule has 14 heteroatoms. The second-order valence-corrected chi connectivity index (χ2v) is 19.8. The molecule has 4 fully saturated rings. The number of likely N-dealkylation sites (tertiary alicyclic amines) is 2. The predicted molar refractivity (Wildman–Crippen MR) is 249 cm³/mol. The molecule has 0 radical (unpaired) electrons. The fraction of sp³-hybridized carbons (Fsp3) is 0.596. The number of aromatic amines is 2. The van der Waals surface area contributed by atoms with Crippen molar-refractivity contribution in [2.24, 2.45) is 29.4 Å². The summed E-state index contributed by atoms with van der Waals surface area (Å²) in [5.41, 5.74) is 15.6. The number of nitrogens with two attached hydrogens (primary N) is 1. The monoisotopic (exact) mass is 896 g/mol. The van der Waals surface area contributed by atoms with Crippen molar-refractivity contribution in [3.8, 4) is 23.7 Å². The molecule has 4 aliphatic heterocycles. The van der Waals surface area contributed by atoms with Crippen molar-refractivity contribution in [3.63, 3.8) is 0 Å². The molecule has 10 rings (SSSR count). The van der Waals surface area contributed by atoms with Crippen molar-refractivity contribution in [2.45, 2.75) is 140 Å². The van der Waals surface area contributed by atoms with Crippen LogP contribution in [0.1, 0.15) is 137 Å². The van der Waals surface area contributed by atoms with E-state index in [1.165, 1.54) is 18.3 Å². The van der Waals surface area contributed by atoms with Crippen LogP contribution in [0.4, 0.5) is 4.79 Å². The molecule has 5 N–H and O–H groups in total. The van der Waals surface area contributed by atoms with Crippen LogP contribution in [-0.4, -0.2) is 105 Å². The first kappa shape index (κ1) is 44.4. The van der Waals surface area contributed by atoms with Gasteiger partial charge in [0.05, 0.1) is 36.6 Å². The van der Waals surface area contributed by atoms with Gasteiger partial charge in [-0.25, -0.2) is 14.8 Å². The van der Waals surface area contributed by atoms with E-state index in [1.807, 2.05) is 9.80 Å². The molecule has 14 nitrogen and oxygen atoms in total. The van der Waals surface area contributed by atoms with Gasteiger partial charge in [-0.1, -0.05) is 36.1 Å². The number of rotatable bonds is 7. The first-order valence-corrected chi connectivity index (χ1v) is 24.6. The molecular weight excluding hydrogens is 833 g/mol. The Hall–Kier alpha value is -5.41. The topological polar surface area (TPSA) is 181 Å². The van der Waals surface area contributed by atoms with Gasteiger partial charge in [0.2, 0.25) is 11.8 Å². The van der Waals surface area contributed by atoms with Crippen molar-refractivity contribution in [1.29, 1.82) is 0 Å². The number of aromatic nitrogens is 4. The Morgan fingerprint density at radius 1 is 0.697 bits per heavy atom. The SMILES string of the molecule is COC(=O)NC(C(=O)N1C(C)CCC1c1nc2c([nH]1)CCC1CC(C#CC#CC3=CC=C4c5nc(C6CCC(C)N6C(=O)C(N)C6CCOCC6)[nH]c5CCC4C3)=CC=C21)C1CCOCC1. The lowest BCUT2D eigenvalue weighted by Crippen LogP contribution is -2.54. The zero-order chi connectivity index (χ0) is 45.5. The van der Waals surface area contributed by atoms with Crippen LogP contribution in [0.25, 0.3) is 11.1 Å². The number of H-pyrrole nitrogens is 2. The number of methoxy groups -OCH3 is 1. The Kier molecular flexibility index (Phi) is 12.8. The smallest absolute Gasteiger partial charge is 0.407 e. The maximum Gasteiger partial charge on any atom is 0.407 e. The third-order valence-corrected chi connectivity index (χ3v) is 15.9. The molecule has 0 aromatic carbocycles. The molecule has 348 valence electrons. The van der Waals surface area contributed by atoms with E-state index >= 15 is 0 Å². The van der Waals surface area contributed by atoms with Crippen LogP contribution < -0.4 is 11.1 Å². The Morgan fingerprint density at radius 2 is 1.18 bits per heavy atom. The van der Waals surface area contributed by atoms with Crippen molar-refractivity contribution in [2.75, 3.05) is 33.5 Å². The van der Waals surface area contributed by atoms with Crippen molar-refractivity contribution in [3.05, 3.63) is 69.9 Å². The van der Waals surface area contributed by atoms with Gasteiger partial charge in [0, 0.05) is 61.0 Å². The Labute approximate surface area is 388 Å². The van der Waals surface area contributed by atoms with Gasteiger partial charge >= 0.3 is 6.09 Å². The number of imidazole rings is 2. The number of ether oxygens (including phenoxy) is 3. The highest BCUT2D eigenvalue weighted by molar-refractivity contribution is 5.87. The predicted octanol–water partition coefficient (Wildman–Crippen LogP) is 6.40. The van der Waals surface area contributed by atoms with E-state index < -0.39 is 18.2 Å². The van der Waals surface area contributed by atoms with Gasteiger partial charge in [0.15, 0.2) is 0 Å². The maximum atomic E-state index is 14.3.